The zero-order chi connectivity index (χ0) is 16.7. The highest BCUT2D eigenvalue weighted by Gasteiger charge is 2.09. The van der Waals surface area contributed by atoms with Crippen LogP contribution in [0.1, 0.15) is 5.56 Å². The average Bonchev–Trinajstić information content (AvgIpc) is 2.55. The van der Waals surface area contributed by atoms with Crippen molar-refractivity contribution in [2.24, 2.45) is 0 Å². The van der Waals surface area contributed by atoms with Crippen LogP contribution in [-0.2, 0) is 10.5 Å². The molecule has 0 radical (unpaired) electrons. The lowest BCUT2D eigenvalue weighted by atomic mass is 10.2. The number of hydrogen-bond acceptors (Lipinski definition) is 4. The van der Waals surface area contributed by atoms with E-state index in [4.69, 9.17) is 9.47 Å². The Hall–Kier alpha value is -1.66. The molecule has 0 atom stereocenters. The van der Waals surface area contributed by atoms with Crippen LogP contribution in [0.2, 0.25) is 0 Å². The summed E-state index contributed by atoms with van der Waals surface area (Å²) in [7, 11) is 3.15. The number of thioether (sulfide) groups is 1. The molecule has 0 aliphatic rings. The highest BCUT2D eigenvalue weighted by Crippen LogP contribution is 2.29. The minimum absolute atomic E-state index is 0.0616. The molecule has 2 aromatic carbocycles. The van der Waals surface area contributed by atoms with Crippen molar-refractivity contribution in [2.75, 3.05) is 25.3 Å². The van der Waals surface area contributed by atoms with Gasteiger partial charge in [-0.1, -0.05) is 28.1 Å². The van der Waals surface area contributed by atoms with Gasteiger partial charge in [-0.2, -0.15) is 0 Å². The first kappa shape index (κ1) is 17.7. The fourth-order valence-electron chi connectivity index (χ4n) is 1.98. The summed E-state index contributed by atoms with van der Waals surface area (Å²) in [6.45, 7) is 0. The number of benzene rings is 2. The van der Waals surface area contributed by atoms with Crippen LogP contribution < -0.4 is 14.8 Å². The Morgan fingerprint density at radius 1 is 1.17 bits per heavy atom. The van der Waals surface area contributed by atoms with Gasteiger partial charge in [0.1, 0.15) is 11.5 Å². The minimum atomic E-state index is -0.0616. The summed E-state index contributed by atoms with van der Waals surface area (Å²) in [4.78, 5) is 12.1. The van der Waals surface area contributed by atoms with Gasteiger partial charge in [-0.25, -0.2) is 0 Å². The molecule has 0 fully saturated rings. The molecule has 1 amide bonds. The Kier molecular flexibility index (Phi) is 6.80. The zero-order valence-corrected chi connectivity index (χ0v) is 15.4. The number of ether oxygens (including phenoxy) is 2. The van der Waals surface area contributed by atoms with E-state index in [-0.39, 0.29) is 5.91 Å². The number of nitrogens with one attached hydrogen (secondary N) is 1. The smallest absolute Gasteiger partial charge is 0.234 e. The molecule has 0 spiro atoms. The van der Waals surface area contributed by atoms with Crippen molar-refractivity contribution in [2.45, 2.75) is 5.75 Å². The highest BCUT2D eigenvalue weighted by atomic mass is 79.9. The van der Waals surface area contributed by atoms with Crippen molar-refractivity contribution in [1.29, 1.82) is 0 Å². The molecule has 6 heteroatoms. The Morgan fingerprint density at radius 3 is 2.70 bits per heavy atom. The largest absolute Gasteiger partial charge is 0.497 e. The lowest BCUT2D eigenvalue weighted by molar-refractivity contribution is -0.113. The molecular formula is C17H18BrNO3S. The number of halogens is 1. The summed E-state index contributed by atoms with van der Waals surface area (Å²) in [6, 6.07) is 13.4. The standard InChI is InChI=1S/C17H18BrNO3S/c1-21-14-6-7-15(16(9-14)22-2)19-17(20)11-23-10-12-4-3-5-13(18)8-12/h3-9H,10-11H2,1-2H3,(H,19,20). The van der Waals surface area contributed by atoms with E-state index in [0.29, 0.717) is 22.9 Å². The van der Waals surface area contributed by atoms with Gasteiger partial charge in [0.25, 0.3) is 0 Å². The van der Waals surface area contributed by atoms with Crippen molar-refractivity contribution in [3.63, 3.8) is 0 Å². The lowest BCUT2D eigenvalue weighted by Crippen LogP contribution is -2.14. The number of anilines is 1. The van der Waals surface area contributed by atoms with Crippen LogP contribution in [0.25, 0.3) is 0 Å². The van der Waals surface area contributed by atoms with Crippen LogP contribution in [0.5, 0.6) is 11.5 Å². The van der Waals surface area contributed by atoms with E-state index in [1.807, 2.05) is 18.2 Å². The fourth-order valence-corrected chi connectivity index (χ4v) is 3.20. The first-order chi connectivity index (χ1) is 11.1. The van der Waals surface area contributed by atoms with Gasteiger partial charge in [0.15, 0.2) is 0 Å². The zero-order valence-electron chi connectivity index (χ0n) is 13.0. The van der Waals surface area contributed by atoms with Crippen molar-refractivity contribution >= 4 is 39.3 Å². The maximum Gasteiger partial charge on any atom is 0.234 e. The fraction of sp³-hybridized carbons (Fsp3) is 0.235. The van der Waals surface area contributed by atoms with E-state index in [1.54, 1.807) is 44.2 Å². The van der Waals surface area contributed by atoms with E-state index in [9.17, 15) is 4.79 Å². The molecular weight excluding hydrogens is 378 g/mol. The molecule has 122 valence electrons. The molecule has 0 bridgehead atoms. The van der Waals surface area contributed by atoms with Gasteiger partial charge in [-0.15, -0.1) is 11.8 Å². The maximum atomic E-state index is 12.1. The molecule has 0 saturated heterocycles. The molecule has 0 aliphatic carbocycles. The molecule has 1 N–H and O–H groups in total. The quantitative estimate of drug-likeness (QED) is 0.757. The Bertz CT molecular complexity index is 679. The normalized spacial score (nSPS) is 10.2. The average molecular weight is 396 g/mol. The molecule has 4 nitrogen and oxygen atoms in total. The van der Waals surface area contributed by atoms with E-state index in [1.165, 1.54) is 5.56 Å². The number of carbonyl (C=O) groups is 1. The van der Waals surface area contributed by atoms with Gasteiger partial charge in [-0.3, -0.25) is 4.79 Å². The van der Waals surface area contributed by atoms with Gasteiger partial charge in [0, 0.05) is 16.3 Å². The van der Waals surface area contributed by atoms with Crippen molar-refractivity contribution < 1.29 is 14.3 Å². The number of rotatable bonds is 7. The summed E-state index contributed by atoms with van der Waals surface area (Å²) in [6.07, 6.45) is 0. The number of methoxy groups -OCH3 is 2. The molecule has 0 aliphatic heterocycles. The predicted molar refractivity (Wildman–Crippen MR) is 98.5 cm³/mol. The SMILES string of the molecule is COc1ccc(NC(=O)CSCc2cccc(Br)c2)c(OC)c1. The highest BCUT2D eigenvalue weighted by molar-refractivity contribution is 9.10. The van der Waals surface area contributed by atoms with E-state index < -0.39 is 0 Å². The van der Waals surface area contributed by atoms with Crippen molar-refractivity contribution in [3.05, 3.63) is 52.5 Å². The van der Waals surface area contributed by atoms with E-state index in [0.717, 1.165) is 10.2 Å². The second-order valence-corrected chi connectivity index (χ2v) is 6.64. The van der Waals surface area contributed by atoms with E-state index >= 15 is 0 Å². The molecule has 0 heterocycles. The molecule has 23 heavy (non-hydrogen) atoms. The number of hydrogen-bond donors (Lipinski definition) is 1. The number of amides is 1. The number of carbonyl (C=O) groups excluding carboxylic acids is 1. The van der Waals surface area contributed by atoms with Crippen LogP contribution >= 0.6 is 27.7 Å². The second-order valence-electron chi connectivity index (χ2n) is 4.74. The molecule has 0 aromatic heterocycles. The molecule has 0 saturated carbocycles. The van der Waals surface area contributed by atoms with Crippen LogP contribution in [-0.4, -0.2) is 25.9 Å². The van der Waals surface area contributed by atoms with Crippen LogP contribution in [0.15, 0.2) is 46.9 Å². The Labute approximate surface area is 148 Å². The summed E-state index contributed by atoms with van der Waals surface area (Å²) < 4.78 is 11.5. The van der Waals surface area contributed by atoms with E-state index in [2.05, 4.69) is 27.3 Å². The third-order valence-corrected chi connectivity index (χ3v) is 4.57. The van der Waals surface area contributed by atoms with Crippen LogP contribution in [0, 0.1) is 0 Å². The third kappa shape index (κ3) is 5.48. The minimum Gasteiger partial charge on any atom is -0.497 e. The van der Waals surface area contributed by atoms with Gasteiger partial charge < -0.3 is 14.8 Å². The summed E-state index contributed by atoms with van der Waals surface area (Å²) in [5.41, 5.74) is 1.82. The summed E-state index contributed by atoms with van der Waals surface area (Å²) >= 11 is 5.01. The maximum absolute atomic E-state index is 12.1. The second kappa shape index (κ2) is 8.84. The van der Waals surface area contributed by atoms with Crippen molar-refractivity contribution in [3.8, 4) is 11.5 Å². The molecule has 2 aromatic rings. The van der Waals surface area contributed by atoms with Gasteiger partial charge in [0.05, 0.1) is 25.7 Å². The first-order valence-electron chi connectivity index (χ1n) is 6.96. The molecule has 0 unspecified atom stereocenters. The van der Waals surface area contributed by atoms with Crippen molar-refractivity contribution in [1.82, 2.24) is 0 Å². The topological polar surface area (TPSA) is 47.6 Å². The first-order valence-corrected chi connectivity index (χ1v) is 8.91. The van der Waals surface area contributed by atoms with Gasteiger partial charge in [-0.05, 0) is 29.8 Å². The van der Waals surface area contributed by atoms with Gasteiger partial charge in [0.2, 0.25) is 5.91 Å². The Balaban J connectivity index is 1.87. The van der Waals surface area contributed by atoms with Gasteiger partial charge >= 0.3 is 0 Å². The van der Waals surface area contributed by atoms with Crippen LogP contribution in [0.3, 0.4) is 0 Å². The Morgan fingerprint density at radius 2 is 2.00 bits per heavy atom. The predicted octanol–water partition coefficient (Wildman–Crippen LogP) is 4.34. The summed E-state index contributed by atoms with van der Waals surface area (Å²) in [5.74, 6) is 2.36. The third-order valence-electron chi connectivity index (χ3n) is 3.07. The molecule has 2 rings (SSSR count). The van der Waals surface area contributed by atoms with Crippen LogP contribution in [0.4, 0.5) is 5.69 Å². The monoisotopic (exact) mass is 395 g/mol. The summed E-state index contributed by atoms with van der Waals surface area (Å²) in [5, 5.41) is 2.86. The lowest BCUT2D eigenvalue weighted by Gasteiger charge is -2.11.